The predicted molar refractivity (Wildman–Crippen MR) is 124 cm³/mol. The predicted octanol–water partition coefficient (Wildman–Crippen LogP) is 6.31. The van der Waals surface area contributed by atoms with Gasteiger partial charge in [0.05, 0.1) is 14.2 Å². The van der Waals surface area contributed by atoms with E-state index in [2.05, 4.69) is 45.1 Å². The maximum absolute atomic E-state index is 14.1. The van der Waals surface area contributed by atoms with Gasteiger partial charge in [-0.25, -0.2) is 0 Å². The molecule has 0 radical (unpaired) electrons. The van der Waals surface area contributed by atoms with Gasteiger partial charge in [-0.3, -0.25) is 4.79 Å². The van der Waals surface area contributed by atoms with Crippen LogP contribution in [0, 0.1) is 11.8 Å². The van der Waals surface area contributed by atoms with Crippen LogP contribution in [-0.4, -0.2) is 25.1 Å². The number of hydrogen-bond donors (Lipinski definition) is 1. The fourth-order valence-electron chi connectivity index (χ4n) is 4.55. The third-order valence-electron chi connectivity index (χ3n) is 6.21. The molecule has 4 heteroatoms. The van der Waals surface area contributed by atoms with Crippen molar-refractivity contribution in [3.63, 3.8) is 0 Å². The molecule has 0 fully saturated rings. The molecule has 4 nitrogen and oxygen atoms in total. The molecule has 164 valence electrons. The molecule has 0 heterocycles. The summed E-state index contributed by atoms with van der Waals surface area (Å²) in [6.45, 7) is 6.26. The largest absolute Gasteiger partial charge is 0.507 e. The number of rotatable bonds is 7. The Kier molecular flexibility index (Phi) is 7.21. The summed E-state index contributed by atoms with van der Waals surface area (Å²) in [5, 5.41) is 10.8. The van der Waals surface area contributed by atoms with Crippen molar-refractivity contribution in [3.05, 3.63) is 76.9 Å². The summed E-state index contributed by atoms with van der Waals surface area (Å²) in [5.74, 6) is 0.350. The van der Waals surface area contributed by atoms with Gasteiger partial charge in [0, 0.05) is 18.1 Å². The molecular weight excluding hydrogens is 388 g/mol. The molecule has 0 saturated heterocycles. The van der Waals surface area contributed by atoms with Crippen molar-refractivity contribution in [2.24, 2.45) is 11.8 Å². The van der Waals surface area contributed by atoms with E-state index in [-0.39, 0.29) is 34.8 Å². The number of allylic oxidation sites excluding steroid dienone is 4. The fourth-order valence-corrected chi connectivity index (χ4v) is 4.55. The molecule has 31 heavy (non-hydrogen) atoms. The van der Waals surface area contributed by atoms with Gasteiger partial charge in [-0.1, -0.05) is 53.6 Å². The Morgan fingerprint density at radius 1 is 1.13 bits per heavy atom. The van der Waals surface area contributed by atoms with Crippen LogP contribution in [0.3, 0.4) is 0 Å². The molecule has 3 atom stereocenters. The smallest absolute Gasteiger partial charge is 0.174 e. The minimum atomic E-state index is -0.309. The minimum absolute atomic E-state index is 0.0270. The van der Waals surface area contributed by atoms with E-state index in [4.69, 9.17) is 9.47 Å². The van der Waals surface area contributed by atoms with E-state index in [0.717, 1.165) is 18.4 Å². The average Bonchev–Trinajstić information content (AvgIpc) is 2.77. The van der Waals surface area contributed by atoms with E-state index in [0.29, 0.717) is 11.5 Å². The van der Waals surface area contributed by atoms with E-state index in [1.54, 1.807) is 6.07 Å². The molecule has 1 N–H and O–H groups in total. The van der Waals surface area contributed by atoms with E-state index < -0.39 is 0 Å². The first kappa shape index (κ1) is 22.7. The van der Waals surface area contributed by atoms with Gasteiger partial charge in [0.1, 0.15) is 22.8 Å². The topological polar surface area (TPSA) is 55.8 Å². The molecule has 1 aliphatic carbocycles. The lowest BCUT2D eigenvalue weighted by atomic mass is 9.65. The van der Waals surface area contributed by atoms with Crippen LogP contribution < -0.4 is 9.47 Å². The first-order valence-corrected chi connectivity index (χ1v) is 10.7. The zero-order valence-corrected chi connectivity index (χ0v) is 19.0. The summed E-state index contributed by atoms with van der Waals surface area (Å²) in [7, 11) is 3.03. The van der Waals surface area contributed by atoms with Crippen molar-refractivity contribution in [2.75, 3.05) is 14.2 Å². The second kappa shape index (κ2) is 9.86. The number of hydrogen-bond acceptors (Lipinski definition) is 4. The highest BCUT2D eigenvalue weighted by Gasteiger charge is 2.41. The number of methoxy groups -OCH3 is 2. The molecule has 0 spiro atoms. The number of aromatic hydroxyl groups is 1. The average molecular weight is 421 g/mol. The molecule has 0 saturated carbocycles. The number of phenolic OH excluding ortho intramolecular Hbond substituents is 1. The van der Waals surface area contributed by atoms with Crippen LogP contribution in [0.4, 0.5) is 0 Å². The molecule has 2 aromatic rings. The molecule has 0 unspecified atom stereocenters. The monoisotopic (exact) mass is 420 g/mol. The molecule has 0 bridgehead atoms. The first-order valence-electron chi connectivity index (χ1n) is 10.7. The second-order valence-corrected chi connectivity index (χ2v) is 8.44. The van der Waals surface area contributed by atoms with Gasteiger partial charge < -0.3 is 14.6 Å². The van der Waals surface area contributed by atoms with Crippen LogP contribution in [0.15, 0.2) is 65.8 Å². The lowest BCUT2D eigenvalue weighted by Gasteiger charge is -2.37. The lowest BCUT2D eigenvalue weighted by Crippen LogP contribution is -2.33. The van der Waals surface area contributed by atoms with Gasteiger partial charge in [-0.15, -0.1) is 0 Å². The van der Waals surface area contributed by atoms with Crippen LogP contribution in [0.25, 0.3) is 0 Å². The van der Waals surface area contributed by atoms with Crippen LogP contribution in [0.5, 0.6) is 17.2 Å². The van der Waals surface area contributed by atoms with Crippen LogP contribution in [-0.2, 0) is 0 Å². The standard InChI is InChI=1S/C27H32O4/c1-17(2)11-13-21-18(3)12-14-22(19-9-7-6-8-10-19)25(21)27(29)26-23(28)15-20(30-4)16-24(26)31-5/h6-12,15-16,21-22,25,28H,13-14H2,1-5H3/t21-,22+,25-/m1/s1. The zero-order valence-electron chi connectivity index (χ0n) is 19.0. The third kappa shape index (κ3) is 4.84. The Balaban J connectivity index is 2.14. The number of carbonyl (C=O) groups is 1. The van der Waals surface area contributed by atoms with Gasteiger partial charge in [-0.05, 0) is 51.0 Å². The Bertz CT molecular complexity index is 984. The first-order chi connectivity index (χ1) is 14.9. The number of carbonyl (C=O) groups excluding carboxylic acids is 1. The third-order valence-corrected chi connectivity index (χ3v) is 6.21. The summed E-state index contributed by atoms with van der Waals surface area (Å²) >= 11 is 0. The Morgan fingerprint density at radius 3 is 2.45 bits per heavy atom. The summed E-state index contributed by atoms with van der Waals surface area (Å²) in [4.78, 5) is 14.1. The summed E-state index contributed by atoms with van der Waals surface area (Å²) in [5.41, 5.74) is 3.81. The van der Waals surface area contributed by atoms with Gasteiger partial charge in [-0.2, -0.15) is 0 Å². The van der Waals surface area contributed by atoms with Gasteiger partial charge in [0.25, 0.3) is 0 Å². The normalized spacial score (nSPS) is 20.5. The van der Waals surface area contributed by atoms with Crippen molar-refractivity contribution in [1.29, 1.82) is 0 Å². The van der Waals surface area contributed by atoms with E-state index >= 15 is 0 Å². The van der Waals surface area contributed by atoms with Crippen LogP contribution >= 0.6 is 0 Å². The lowest BCUT2D eigenvalue weighted by molar-refractivity contribution is 0.0844. The number of ketones is 1. The van der Waals surface area contributed by atoms with Crippen LogP contribution in [0.2, 0.25) is 0 Å². The maximum atomic E-state index is 14.1. The number of benzene rings is 2. The molecule has 1 aliphatic rings. The van der Waals surface area contributed by atoms with Crippen molar-refractivity contribution >= 4 is 5.78 Å². The number of phenols is 1. The maximum Gasteiger partial charge on any atom is 0.174 e. The molecule has 0 aromatic heterocycles. The van der Waals surface area contributed by atoms with Crippen molar-refractivity contribution in [2.45, 2.75) is 39.5 Å². The van der Waals surface area contributed by atoms with Gasteiger partial charge in [0.15, 0.2) is 5.78 Å². The second-order valence-electron chi connectivity index (χ2n) is 8.44. The highest BCUT2D eigenvalue weighted by molar-refractivity contribution is 6.04. The quantitative estimate of drug-likeness (QED) is 0.421. The van der Waals surface area contributed by atoms with E-state index in [1.165, 1.54) is 31.4 Å². The van der Waals surface area contributed by atoms with Crippen LogP contribution in [0.1, 0.15) is 55.5 Å². The van der Waals surface area contributed by atoms with Gasteiger partial charge in [0.2, 0.25) is 0 Å². The van der Waals surface area contributed by atoms with Crippen molar-refractivity contribution in [3.8, 4) is 17.2 Å². The molecule has 2 aromatic carbocycles. The summed E-state index contributed by atoms with van der Waals surface area (Å²) < 4.78 is 10.7. The Hall–Kier alpha value is -3.01. The zero-order chi connectivity index (χ0) is 22.5. The Labute approximate surface area is 185 Å². The molecular formula is C27H32O4. The van der Waals surface area contributed by atoms with E-state index in [1.807, 2.05) is 18.2 Å². The number of Topliss-reactive ketones (excluding diaryl/α,β-unsaturated/α-hetero) is 1. The SMILES string of the molecule is COc1cc(O)c(C(=O)[C@@H]2[C@H](CC=C(C)C)C(C)=CC[C@H]2c2ccccc2)c(OC)c1. The minimum Gasteiger partial charge on any atom is -0.507 e. The molecule has 0 aliphatic heterocycles. The van der Waals surface area contributed by atoms with E-state index in [9.17, 15) is 9.90 Å². The van der Waals surface area contributed by atoms with Crippen molar-refractivity contribution < 1.29 is 19.4 Å². The summed E-state index contributed by atoms with van der Waals surface area (Å²) in [6, 6.07) is 13.3. The molecule has 3 rings (SSSR count). The van der Waals surface area contributed by atoms with Crippen molar-refractivity contribution in [1.82, 2.24) is 0 Å². The summed E-state index contributed by atoms with van der Waals surface area (Å²) in [6.07, 6.45) is 6.03. The fraction of sp³-hybridized carbons (Fsp3) is 0.370. The number of ether oxygens (including phenoxy) is 2. The Morgan fingerprint density at radius 2 is 1.84 bits per heavy atom. The van der Waals surface area contributed by atoms with Gasteiger partial charge >= 0.3 is 0 Å². The highest BCUT2D eigenvalue weighted by atomic mass is 16.5. The highest BCUT2D eigenvalue weighted by Crippen LogP contribution is 2.47. The molecule has 0 amide bonds.